The van der Waals surface area contributed by atoms with E-state index in [4.69, 9.17) is 16.3 Å². The van der Waals surface area contributed by atoms with E-state index in [1.165, 1.54) is 13.1 Å². The largest absolute Gasteiger partial charge is 0.439 e. The first-order valence-corrected chi connectivity index (χ1v) is 8.10. The maximum absolute atomic E-state index is 11.4. The Bertz CT molecular complexity index is 713. The number of halogens is 1. The van der Waals surface area contributed by atoms with Crippen LogP contribution in [0.5, 0.6) is 11.6 Å². The monoisotopic (exact) mass is 327 g/mol. The van der Waals surface area contributed by atoms with Crippen molar-refractivity contribution >= 4 is 21.6 Å². The predicted octanol–water partition coefficient (Wildman–Crippen LogP) is 2.28. The SMILES string of the molecule is CNS(=O)(=O)Cc1ccc(Oc2cc(Cl)nc(C)n2)cc1. The van der Waals surface area contributed by atoms with Gasteiger partial charge in [0.1, 0.15) is 16.7 Å². The van der Waals surface area contributed by atoms with E-state index in [0.29, 0.717) is 28.2 Å². The standard InChI is InChI=1S/C13H14ClN3O3S/c1-9-16-12(14)7-13(17-9)20-11-5-3-10(4-6-11)8-21(18,19)15-2/h3-7,15H,8H2,1-2H3. The van der Waals surface area contributed by atoms with Crippen LogP contribution in [0.25, 0.3) is 0 Å². The number of rotatable bonds is 5. The van der Waals surface area contributed by atoms with Crippen molar-refractivity contribution in [2.24, 2.45) is 0 Å². The molecule has 6 nitrogen and oxygen atoms in total. The molecule has 0 amide bonds. The van der Waals surface area contributed by atoms with Gasteiger partial charge in [-0.15, -0.1) is 0 Å². The van der Waals surface area contributed by atoms with Crippen LogP contribution in [-0.2, 0) is 15.8 Å². The smallest absolute Gasteiger partial charge is 0.224 e. The van der Waals surface area contributed by atoms with Gasteiger partial charge in [0.05, 0.1) is 5.75 Å². The van der Waals surface area contributed by atoms with Crippen molar-refractivity contribution in [3.8, 4) is 11.6 Å². The zero-order chi connectivity index (χ0) is 15.5. The van der Waals surface area contributed by atoms with E-state index in [9.17, 15) is 8.42 Å². The summed E-state index contributed by atoms with van der Waals surface area (Å²) < 4.78 is 30.7. The fourth-order valence-electron chi connectivity index (χ4n) is 1.62. The molecule has 112 valence electrons. The van der Waals surface area contributed by atoms with Gasteiger partial charge in [-0.2, -0.15) is 4.98 Å². The summed E-state index contributed by atoms with van der Waals surface area (Å²) in [6.07, 6.45) is 0. The molecule has 0 saturated carbocycles. The summed E-state index contributed by atoms with van der Waals surface area (Å²) in [6.45, 7) is 1.71. The summed E-state index contributed by atoms with van der Waals surface area (Å²) in [7, 11) is -1.90. The molecule has 0 aliphatic heterocycles. The van der Waals surface area contributed by atoms with Gasteiger partial charge in [0, 0.05) is 6.07 Å². The molecule has 0 aliphatic rings. The lowest BCUT2D eigenvalue weighted by atomic mass is 10.2. The molecule has 0 radical (unpaired) electrons. The van der Waals surface area contributed by atoms with Gasteiger partial charge in [0.15, 0.2) is 0 Å². The third kappa shape index (κ3) is 4.66. The second kappa shape index (κ2) is 6.38. The molecule has 1 N–H and O–H groups in total. The number of nitrogens with zero attached hydrogens (tertiary/aromatic N) is 2. The predicted molar refractivity (Wildman–Crippen MR) is 80.0 cm³/mol. The van der Waals surface area contributed by atoms with Crippen LogP contribution in [0.4, 0.5) is 0 Å². The molecule has 2 rings (SSSR count). The maximum atomic E-state index is 11.4. The van der Waals surface area contributed by atoms with Gasteiger partial charge in [-0.3, -0.25) is 0 Å². The Balaban J connectivity index is 2.12. The van der Waals surface area contributed by atoms with Crippen LogP contribution in [-0.4, -0.2) is 25.4 Å². The lowest BCUT2D eigenvalue weighted by molar-refractivity contribution is 0.459. The minimum Gasteiger partial charge on any atom is -0.439 e. The second-order valence-electron chi connectivity index (χ2n) is 4.29. The summed E-state index contributed by atoms with van der Waals surface area (Å²) >= 11 is 5.83. The quantitative estimate of drug-likeness (QED) is 0.852. The average Bonchev–Trinajstić information content (AvgIpc) is 2.39. The molecule has 1 aromatic heterocycles. The molecular formula is C13H14ClN3O3S. The van der Waals surface area contributed by atoms with E-state index < -0.39 is 10.0 Å². The first-order chi connectivity index (χ1) is 9.88. The molecule has 1 aromatic carbocycles. The summed E-state index contributed by atoms with van der Waals surface area (Å²) in [5.74, 6) is 1.30. The number of hydrogen-bond donors (Lipinski definition) is 1. The molecule has 0 fully saturated rings. The molecule has 0 bridgehead atoms. The Morgan fingerprint density at radius 2 is 1.90 bits per heavy atom. The number of hydrogen-bond acceptors (Lipinski definition) is 5. The van der Waals surface area contributed by atoms with Crippen molar-refractivity contribution in [1.29, 1.82) is 0 Å². The minimum atomic E-state index is -3.28. The van der Waals surface area contributed by atoms with Crippen molar-refractivity contribution in [2.75, 3.05) is 7.05 Å². The number of aromatic nitrogens is 2. The van der Waals surface area contributed by atoms with E-state index in [1.54, 1.807) is 31.2 Å². The third-order valence-electron chi connectivity index (χ3n) is 2.60. The van der Waals surface area contributed by atoms with Gasteiger partial charge in [-0.1, -0.05) is 23.7 Å². The normalized spacial score (nSPS) is 11.4. The van der Waals surface area contributed by atoms with Crippen molar-refractivity contribution in [1.82, 2.24) is 14.7 Å². The summed E-state index contributed by atoms with van der Waals surface area (Å²) in [4.78, 5) is 8.04. The number of aryl methyl sites for hydroxylation is 1. The van der Waals surface area contributed by atoms with Gasteiger partial charge in [0.2, 0.25) is 15.9 Å². The molecule has 0 unspecified atom stereocenters. The van der Waals surface area contributed by atoms with Crippen LogP contribution in [0.15, 0.2) is 30.3 Å². The third-order valence-corrected chi connectivity index (χ3v) is 4.13. The molecular weight excluding hydrogens is 314 g/mol. The highest BCUT2D eigenvalue weighted by Gasteiger charge is 2.09. The van der Waals surface area contributed by atoms with E-state index in [1.807, 2.05) is 0 Å². The van der Waals surface area contributed by atoms with Crippen LogP contribution in [0, 0.1) is 6.92 Å². The van der Waals surface area contributed by atoms with E-state index in [0.717, 1.165) is 0 Å². The zero-order valence-corrected chi connectivity index (χ0v) is 13.1. The topological polar surface area (TPSA) is 81.2 Å². The molecule has 0 aliphatic carbocycles. The van der Waals surface area contributed by atoms with E-state index in [-0.39, 0.29) is 5.75 Å². The zero-order valence-electron chi connectivity index (χ0n) is 11.5. The summed E-state index contributed by atoms with van der Waals surface area (Å²) in [5, 5.41) is 0.300. The van der Waals surface area contributed by atoms with Crippen LogP contribution in [0.2, 0.25) is 5.15 Å². The number of benzene rings is 1. The first kappa shape index (κ1) is 15.7. The van der Waals surface area contributed by atoms with Crippen LogP contribution in [0.1, 0.15) is 11.4 Å². The fraction of sp³-hybridized carbons (Fsp3) is 0.231. The molecule has 8 heteroatoms. The average molecular weight is 328 g/mol. The van der Waals surface area contributed by atoms with Crippen LogP contribution in [0.3, 0.4) is 0 Å². The van der Waals surface area contributed by atoms with Gasteiger partial charge in [-0.05, 0) is 31.7 Å². The molecule has 0 spiro atoms. The highest BCUT2D eigenvalue weighted by molar-refractivity contribution is 7.88. The Hall–Kier alpha value is -1.70. The van der Waals surface area contributed by atoms with Crippen molar-refractivity contribution in [2.45, 2.75) is 12.7 Å². The highest BCUT2D eigenvalue weighted by Crippen LogP contribution is 2.22. The number of sulfonamides is 1. The van der Waals surface area contributed by atoms with Crippen molar-refractivity contribution < 1.29 is 13.2 Å². The van der Waals surface area contributed by atoms with Gasteiger partial charge >= 0.3 is 0 Å². The van der Waals surface area contributed by atoms with E-state index >= 15 is 0 Å². The Labute approximate surface area is 128 Å². The summed E-state index contributed by atoms with van der Waals surface area (Å²) in [5.41, 5.74) is 0.661. The van der Waals surface area contributed by atoms with Crippen molar-refractivity contribution in [3.63, 3.8) is 0 Å². The second-order valence-corrected chi connectivity index (χ2v) is 6.60. The van der Waals surface area contributed by atoms with Gasteiger partial charge < -0.3 is 4.74 Å². The lowest BCUT2D eigenvalue weighted by Gasteiger charge is -2.07. The maximum Gasteiger partial charge on any atom is 0.224 e. The van der Waals surface area contributed by atoms with Crippen molar-refractivity contribution in [3.05, 3.63) is 46.9 Å². The Kier molecular flexibility index (Phi) is 4.76. The molecule has 0 saturated heterocycles. The Morgan fingerprint density at radius 1 is 1.24 bits per heavy atom. The van der Waals surface area contributed by atoms with Gasteiger partial charge in [-0.25, -0.2) is 18.1 Å². The number of nitrogens with one attached hydrogen (secondary N) is 1. The molecule has 2 aromatic rings. The minimum absolute atomic E-state index is 0.0811. The molecule has 0 atom stereocenters. The highest BCUT2D eigenvalue weighted by atomic mass is 35.5. The number of ether oxygens (including phenoxy) is 1. The van der Waals surface area contributed by atoms with Gasteiger partial charge in [0.25, 0.3) is 0 Å². The summed E-state index contributed by atoms with van der Waals surface area (Å²) in [6, 6.07) is 8.21. The lowest BCUT2D eigenvalue weighted by Crippen LogP contribution is -2.20. The molecule has 21 heavy (non-hydrogen) atoms. The molecule has 1 heterocycles. The fourth-order valence-corrected chi connectivity index (χ4v) is 2.62. The first-order valence-electron chi connectivity index (χ1n) is 6.07. The Morgan fingerprint density at radius 3 is 2.48 bits per heavy atom. The van der Waals surface area contributed by atoms with Crippen LogP contribution >= 0.6 is 11.6 Å². The van der Waals surface area contributed by atoms with E-state index in [2.05, 4.69) is 14.7 Å². The van der Waals surface area contributed by atoms with Crippen LogP contribution < -0.4 is 9.46 Å².